The Balaban J connectivity index is 1.60. The Bertz CT molecular complexity index is 1010. The Morgan fingerprint density at radius 3 is 2.00 bits per heavy atom. The van der Waals surface area contributed by atoms with Gasteiger partial charge in [0.05, 0.1) is 0 Å². The summed E-state index contributed by atoms with van der Waals surface area (Å²) in [5, 5.41) is 8.29. The van der Waals surface area contributed by atoms with Crippen molar-refractivity contribution in [2.75, 3.05) is 10.6 Å². The van der Waals surface area contributed by atoms with Crippen LogP contribution >= 0.6 is 12.2 Å². The third kappa shape index (κ3) is 5.21. The average molecular weight is 393 g/mol. The van der Waals surface area contributed by atoms with Crippen LogP contribution in [0.15, 0.2) is 78.9 Å². The van der Waals surface area contributed by atoms with Crippen LogP contribution in [0.1, 0.15) is 20.7 Å². The minimum atomic E-state index is -0.453. The van der Waals surface area contributed by atoms with Crippen molar-refractivity contribution >= 4 is 40.5 Å². The molecule has 0 aliphatic rings. The lowest BCUT2D eigenvalue weighted by atomic mass is 10.2. The normalized spacial score (nSPS) is 10.0. The maximum absolute atomic E-state index is 12.9. The lowest BCUT2D eigenvalue weighted by Crippen LogP contribution is -2.34. The summed E-state index contributed by atoms with van der Waals surface area (Å²) in [7, 11) is 0. The maximum Gasteiger partial charge on any atom is 0.257 e. The molecule has 0 aromatic heterocycles. The minimum Gasteiger partial charge on any atom is -0.332 e. The summed E-state index contributed by atoms with van der Waals surface area (Å²) >= 11 is 5.14. The van der Waals surface area contributed by atoms with E-state index in [4.69, 9.17) is 12.2 Å². The average Bonchev–Trinajstić information content (AvgIpc) is 2.69. The van der Waals surface area contributed by atoms with Gasteiger partial charge in [-0.25, -0.2) is 4.39 Å². The Hall–Kier alpha value is -3.58. The van der Waals surface area contributed by atoms with E-state index in [1.165, 1.54) is 24.3 Å². The first-order chi connectivity index (χ1) is 13.5. The molecule has 0 atom stereocenters. The summed E-state index contributed by atoms with van der Waals surface area (Å²) in [6.07, 6.45) is 0. The SMILES string of the molecule is O=C(NC(=S)Nc1cccc(NC(=O)c2ccccc2)c1)c1ccc(F)cc1. The Labute approximate surface area is 166 Å². The number of benzene rings is 3. The standard InChI is InChI=1S/C21H16FN3O2S/c22-16-11-9-15(10-12-16)20(27)25-21(28)24-18-8-4-7-17(13-18)23-19(26)14-5-2-1-3-6-14/h1-13H,(H,23,26)(H2,24,25,27,28). The number of carbonyl (C=O) groups is 2. The second kappa shape index (κ2) is 8.88. The lowest BCUT2D eigenvalue weighted by molar-refractivity contribution is 0.0976. The van der Waals surface area contributed by atoms with E-state index in [0.29, 0.717) is 16.9 Å². The Kier molecular flexibility index (Phi) is 6.08. The molecule has 0 unspecified atom stereocenters. The molecule has 140 valence electrons. The van der Waals surface area contributed by atoms with E-state index in [9.17, 15) is 14.0 Å². The van der Waals surface area contributed by atoms with E-state index in [1.54, 1.807) is 48.5 Å². The quantitative estimate of drug-likeness (QED) is 0.581. The Morgan fingerprint density at radius 1 is 0.714 bits per heavy atom. The molecule has 0 radical (unpaired) electrons. The molecule has 28 heavy (non-hydrogen) atoms. The molecule has 0 spiro atoms. The number of amides is 2. The number of anilines is 2. The number of nitrogens with one attached hydrogen (secondary N) is 3. The van der Waals surface area contributed by atoms with Crippen molar-refractivity contribution in [3.8, 4) is 0 Å². The van der Waals surface area contributed by atoms with Gasteiger partial charge in [-0.1, -0.05) is 24.3 Å². The molecule has 3 aromatic carbocycles. The number of halogens is 1. The van der Waals surface area contributed by atoms with E-state index in [1.807, 2.05) is 6.07 Å². The molecule has 3 aromatic rings. The summed E-state index contributed by atoms with van der Waals surface area (Å²) in [6.45, 7) is 0. The van der Waals surface area contributed by atoms with Gasteiger partial charge in [-0.15, -0.1) is 0 Å². The first kappa shape index (κ1) is 19.2. The number of hydrogen-bond acceptors (Lipinski definition) is 3. The summed E-state index contributed by atoms with van der Waals surface area (Å²) in [4.78, 5) is 24.3. The number of hydrogen-bond donors (Lipinski definition) is 3. The summed E-state index contributed by atoms with van der Waals surface area (Å²) in [5.41, 5.74) is 2.00. The summed E-state index contributed by atoms with van der Waals surface area (Å²) in [5.74, 6) is -1.11. The second-order valence-corrected chi connectivity index (χ2v) is 6.22. The second-order valence-electron chi connectivity index (χ2n) is 5.82. The van der Waals surface area contributed by atoms with Crippen LogP contribution in [0.5, 0.6) is 0 Å². The van der Waals surface area contributed by atoms with Crippen molar-refractivity contribution in [3.63, 3.8) is 0 Å². The van der Waals surface area contributed by atoms with Gasteiger partial charge in [0, 0.05) is 22.5 Å². The molecule has 0 fully saturated rings. The number of thiocarbonyl (C=S) groups is 1. The van der Waals surface area contributed by atoms with Crippen LogP contribution in [0, 0.1) is 5.82 Å². The van der Waals surface area contributed by atoms with Crippen molar-refractivity contribution < 1.29 is 14.0 Å². The zero-order chi connectivity index (χ0) is 19.9. The van der Waals surface area contributed by atoms with Gasteiger partial charge < -0.3 is 10.6 Å². The fraction of sp³-hybridized carbons (Fsp3) is 0. The van der Waals surface area contributed by atoms with Crippen molar-refractivity contribution in [2.45, 2.75) is 0 Å². The van der Waals surface area contributed by atoms with Gasteiger partial charge in [0.25, 0.3) is 11.8 Å². The minimum absolute atomic E-state index is 0.0841. The van der Waals surface area contributed by atoms with Crippen LogP contribution < -0.4 is 16.0 Å². The monoisotopic (exact) mass is 393 g/mol. The molecule has 0 saturated heterocycles. The van der Waals surface area contributed by atoms with Crippen LogP contribution in [-0.4, -0.2) is 16.9 Å². The van der Waals surface area contributed by atoms with E-state index in [0.717, 1.165) is 0 Å². The summed E-state index contributed by atoms with van der Waals surface area (Å²) in [6, 6.07) is 20.9. The van der Waals surface area contributed by atoms with Gasteiger partial charge in [0.1, 0.15) is 5.82 Å². The molecular weight excluding hydrogens is 377 g/mol. The van der Waals surface area contributed by atoms with Crippen LogP contribution in [0.25, 0.3) is 0 Å². The molecule has 7 heteroatoms. The van der Waals surface area contributed by atoms with Crippen LogP contribution in [0.4, 0.5) is 15.8 Å². The van der Waals surface area contributed by atoms with E-state index >= 15 is 0 Å². The highest BCUT2D eigenvalue weighted by molar-refractivity contribution is 7.80. The first-order valence-electron chi connectivity index (χ1n) is 8.35. The van der Waals surface area contributed by atoms with Gasteiger partial charge in [-0.2, -0.15) is 0 Å². The fourth-order valence-electron chi connectivity index (χ4n) is 2.41. The highest BCUT2D eigenvalue weighted by atomic mass is 32.1. The largest absolute Gasteiger partial charge is 0.332 e. The van der Waals surface area contributed by atoms with Gasteiger partial charge >= 0.3 is 0 Å². The third-order valence-electron chi connectivity index (χ3n) is 3.75. The zero-order valence-electron chi connectivity index (χ0n) is 14.6. The van der Waals surface area contributed by atoms with Crippen molar-refractivity contribution in [2.24, 2.45) is 0 Å². The van der Waals surface area contributed by atoms with E-state index in [2.05, 4.69) is 16.0 Å². The topological polar surface area (TPSA) is 70.2 Å². The Morgan fingerprint density at radius 2 is 1.32 bits per heavy atom. The fourth-order valence-corrected chi connectivity index (χ4v) is 2.62. The smallest absolute Gasteiger partial charge is 0.257 e. The predicted octanol–water partition coefficient (Wildman–Crippen LogP) is 4.20. The van der Waals surface area contributed by atoms with E-state index < -0.39 is 11.7 Å². The summed E-state index contributed by atoms with van der Waals surface area (Å²) < 4.78 is 12.9. The van der Waals surface area contributed by atoms with Crippen molar-refractivity contribution in [1.82, 2.24) is 5.32 Å². The number of rotatable bonds is 4. The zero-order valence-corrected chi connectivity index (χ0v) is 15.4. The van der Waals surface area contributed by atoms with Crippen LogP contribution in [0.3, 0.4) is 0 Å². The van der Waals surface area contributed by atoms with Crippen molar-refractivity contribution in [1.29, 1.82) is 0 Å². The molecule has 0 bridgehead atoms. The first-order valence-corrected chi connectivity index (χ1v) is 8.76. The lowest BCUT2D eigenvalue weighted by Gasteiger charge is -2.11. The van der Waals surface area contributed by atoms with Crippen LogP contribution in [-0.2, 0) is 0 Å². The van der Waals surface area contributed by atoms with E-state index in [-0.39, 0.29) is 16.6 Å². The molecule has 2 amide bonds. The molecule has 0 aliphatic carbocycles. The number of carbonyl (C=O) groups excluding carboxylic acids is 2. The highest BCUT2D eigenvalue weighted by Gasteiger charge is 2.09. The van der Waals surface area contributed by atoms with Gasteiger partial charge in [-0.05, 0) is 66.8 Å². The molecule has 5 nitrogen and oxygen atoms in total. The van der Waals surface area contributed by atoms with Crippen LogP contribution in [0.2, 0.25) is 0 Å². The molecule has 0 saturated carbocycles. The molecule has 3 rings (SSSR count). The predicted molar refractivity (Wildman–Crippen MR) is 111 cm³/mol. The van der Waals surface area contributed by atoms with Gasteiger partial charge in [-0.3, -0.25) is 14.9 Å². The van der Waals surface area contributed by atoms with Gasteiger partial charge in [0.15, 0.2) is 5.11 Å². The maximum atomic E-state index is 12.9. The molecule has 0 aliphatic heterocycles. The van der Waals surface area contributed by atoms with Crippen molar-refractivity contribution in [3.05, 3.63) is 95.8 Å². The third-order valence-corrected chi connectivity index (χ3v) is 3.95. The molecule has 0 heterocycles. The molecule has 3 N–H and O–H groups in total. The van der Waals surface area contributed by atoms with Gasteiger partial charge in [0.2, 0.25) is 0 Å². The highest BCUT2D eigenvalue weighted by Crippen LogP contribution is 2.16. The molecular formula is C21H16FN3O2S.